The third kappa shape index (κ3) is 3.57. The minimum absolute atomic E-state index is 0.383. The van der Waals surface area contributed by atoms with Crippen molar-refractivity contribution >= 4 is 34.3 Å². The lowest BCUT2D eigenvalue weighted by Crippen LogP contribution is -2.42. The van der Waals surface area contributed by atoms with Crippen LogP contribution >= 0.6 is 11.3 Å². The van der Waals surface area contributed by atoms with Gasteiger partial charge in [0.05, 0.1) is 5.69 Å². The molecule has 152 valence electrons. The van der Waals surface area contributed by atoms with Crippen LogP contribution in [0, 0.1) is 6.92 Å². The Hall–Kier alpha value is -3.52. The summed E-state index contributed by atoms with van der Waals surface area (Å²) < 4.78 is 0. The minimum atomic E-state index is -1.20. The quantitative estimate of drug-likeness (QED) is 0.618. The lowest BCUT2D eigenvalue weighted by Gasteiger charge is -2.21. The number of urea groups is 1. The van der Waals surface area contributed by atoms with Gasteiger partial charge in [-0.2, -0.15) is 0 Å². The molecule has 0 aliphatic carbocycles. The molecule has 1 aliphatic heterocycles. The lowest BCUT2D eigenvalue weighted by molar-refractivity contribution is -0.133. The molecule has 1 unspecified atom stereocenters. The van der Waals surface area contributed by atoms with Gasteiger partial charge in [-0.05, 0) is 25.0 Å². The van der Waals surface area contributed by atoms with Gasteiger partial charge in [-0.15, -0.1) is 11.3 Å². The highest BCUT2D eigenvalue weighted by Crippen LogP contribution is 2.29. The van der Waals surface area contributed by atoms with Gasteiger partial charge in [0.2, 0.25) is 5.91 Å². The standard InChI is InChI=1S/C22H20N4O3S/c1-14-8-6-7-11-16(14)17-13-30-20(23-17)24-18(27)12-26-19(28)22(2,25-21(26)29)15-9-4-3-5-10-15/h3-11,13H,12H2,1-2H3,(H,25,29)(H,23,24,27). The summed E-state index contributed by atoms with van der Waals surface area (Å²) in [5.41, 5.74) is 2.30. The Balaban J connectivity index is 1.45. The number of thiazole rings is 1. The smallest absolute Gasteiger partial charge is 0.319 e. The van der Waals surface area contributed by atoms with E-state index < -0.39 is 23.4 Å². The number of amides is 4. The number of nitrogens with one attached hydrogen (secondary N) is 2. The van der Waals surface area contributed by atoms with E-state index in [1.165, 1.54) is 11.3 Å². The zero-order valence-electron chi connectivity index (χ0n) is 16.5. The van der Waals surface area contributed by atoms with Gasteiger partial charge in [0, 0.05) is 10.9 Å². The average molecular weight is 420 g/mol. The summed E-state index contributed by atoms with van der Waals surface area (Å²) in [4.78, 5) is 43.2. The molecule has 1 atom stereocenters. The second-order valence-electron chi connectivity index (χ2n) is 7.21. The van der Waals surface area contributed by atoms with Gasteiger partial charge in [-0.3, -0.25) is 14.5 Å². The first-order valence-electron chi connectivity index (χ1n) is 9.39. The maximum atomic E-state index is 12.9. The number of rotatable bonds is 5. The third-order valence-electron chi connectivity index (χ3n) is 5.10. The van der Waals surface area contributed by atoms with Crippen LogP contribution in [0.2, 0.25) is 0 Å². The number of aromatic nitrogens is 1. The largest absolute Gasteiger partial charge is 0.325 e. The van der Waals surface area contributed by atoms with Crippen LogP contribution in [0.3, 0.4) is 0 Å². The lowest BCUT2D eigenvalue weighted by atomic mass is 9.92. The van der Waals surface area contributed by atoms with Gasteiger partial charge in [-0.1, -0.05) is 54.6 Å². The molecule has 1 fully saturated rings. The van der Waals surface area contributed by atoms with Crippen LogP contribution in [0.5, 0.6) is 0 Å². The van der Waals surface area contributed by atoms with Crippen LogP contribution in [0.4, 0.5) is 9.93 Å². The molecular weight excluding hydrogens is 400 g/mol. The van der Waals surface area contributed by atoms with E-state index in [4.69, 9.17) is 0 Å². The summed E-state index contributed by atoms with van der Waals surface area (Å²) >= 11 is 1.29. The molecule has 3 aromatic rings. The number of carbonyl (C=O) groups is 3. The monoisotopic (exact) mass is 420 g/mol. The highest BCUT2D eigenvalue weighted by Gasteiger charge is 2.49. The van der Waals surface area contributed by atoms with Crippen LogP contribution < -0.4 is 10.6 Å². The van der Waals surface area contributed by atoms with E-state index in [-0.39, 0.29) is 6.54 Å². The first-order valence-corrected chi connectivity index (χ1v) is 10.3. The Bertz CT molecular complexity index is 1130. The van der Waals surface area contributed by atoms with E-state index in [1.54, 1.807) is 31.2 Å². The van der Waals surface area contributed by atoms with Gasteiger partial charge in [0.15, 0.2) is 5.13 Å². The zero-order valence-corrected chi connectivity index (χ0v) is 17.3. The Kier molecular flexibility index (Phi) is 5.09. The molecule has 4 amide bonds. The molecule has 30 heavy (non-hydrogen) atoms. The molecule has 8 heteroatoms. The normalized spacial score (nSPS) is 18.4. The van der Waals surface area contributed by atoms with Crippen molar-refractivity contribution in [3.05, 3.63) is 71.1 Å². The van der Waals surface area contributed by atoms with Crippen molar-refractivity contribution < 1.29 is 14.4 Å². The SMILES string of the molecule is Cc1ccccc1-c1csc(NC(=O)CN2C(=O)NC(C)(c3ccccc3)C2=O)n1. The van der Waals surface area contributed by atoms with Crippen molar-refractivity contribution in [1.82, 2.24) is 15.2 Å². The Morgan fingerprint density at radius 1 is 1.13 bits per heavy atom. The Morgan fingerprint density at radius 2 is 1.83 bits per heavy atom. The highest BCUT2D eigenvalue weighted by atomic mass is 32.1. The van der Waals surface area contributed by atoms with E-state index >= 15 is 0 Å². The molecular formula is C22H20N4O3S. The summed E-state index contributed by atoms with van der Waals surface area (Å²) in [6, 6.07) is 16.2. The second-order valence-corrected chi connectivity index (χ2v) is 8.07. The first kappa shape index (κ1) is 19.8. The van der Waals surface area contributed by atoms with E-state index in [0.29, 0.717) is 10.7 Å². The zero-order chi connectivity index (χ0) is 21.3. The van der Waals surface area contributed by atoms with E-state index in [0.717, 1.165) is 21.7 Å². The molecule has 4 rings (SSSR count). The Morgan fingerprint density at radius 3 is 2.57 bits per heavy atom. The number of aryl methyl sites for hydroxylation is 1. The van der Waals surface area contributed by atoms with E-state index in [1.807, 2.05) is 42.6 Å². The molecule has 7 nitrogen and oxygen atoms in total. The molecule has 2 heterocycles. The first-order chi connectivity index (χ1) is 14.4. The molecule has 1 saturated heterocycles. The fourth-order valence-corrected chi connectivity index (χ4v) is 4.15. The number of hydrogen-bond donors (Lipinski definition) is 2. The summed E-state index contributed by atoms with van der Waals surface area (Å²) in [6.07, 6.45) is 0. The molecule has 2 N–H and O–H groups in total. The number of anilines is 1. The van der Waals surface area contributed by atoms with Crippen molar-refractivity contribution in [2.24, 2.45) is 0 Å². The fourth-order valence-electron chi connectivity index (χ4n) is 3.43. The highest BCUT2D eigenvalue weighted by molar-refractivity contribution is 7.14. The van der Waals surface area contributed by atoms with Crippen molar-refractivity contribution in [2.45, 2.75) is 19.4 Å². The summed E-state index contributed by atoms with van der Waals surface area (Å²) in [7, 11) is 0. The molecule has 2 aromatic carbocycles. The predicted octanol–water partition coefficient (Wildman–Crippen LogP) is 3.52. The van der Waals surface area contributed by atoms with E-state index in [2.05, 4.69) is 15.6 Å². The van der Waals surface area contributed by atoms with E-state index in [9.17, 15) is 14.4 Å². The van der Waals surface area contributed by atoms with Crippen LogP contribution in [0.15, 0.2) is 60.0 Å². The number of carbonyl (C=O) groups excluding carboxylic acids is 3. The van der Waals surface area contributed by atoms with Crippen molar-refractivity contribution in [1.29, 1.82) is 0 Å². The average Bonchev–Trinajstić information content (AvgIpc) is 3.28. The second kappa shape index (κ2) is 7.72. The molecule has 0 saturated carbocycles. The van der Waals surface area contributed by atoms with Crippen LogP contribution in [-0.4, -0.2) is 34.3 Å². The minimum Gasteiger partial charge on any atom is -0.319 e. The summed E-state index contributed by atoms with van der Waals surface area (Å²) in [5.74, 6) is -0.949. The molecule has 1 aliphatic rings. The Labute approximate surface area is 177 Å². The van der Waals surface area contributed by atoms with Gasteiger partial charge in [-0.25, -0.2) is 9.78 Å². The van der Waals surface area contributed by atoms with Gasteiger partial charge >= 0.3 is 6.03 Å². The van der Waals surface area contributed by atoms with Crippen LogP contribution in [0.1, 0.15) is 18.1 Å². The van der Waals surface area contributed by atoms with Crippen LogP contribution in [-0.2, 0) is 15.1 Å². The van der Waals surface area contributed by atoms with Crippen molar-refractivity contribution in [2.75, 3.05) is 11.9 Å². The fraction of sp³-hybridized carbons (Fsp3) is 0.182. The van der Waals surface area contributed by atoms with Crippen LogP contribution in [0.25, 0.3) is 11.3 Å². The molecule has 1 aromatic heterocycles. The van der Waals surface area contributed by atoms with Crippen molar-refractivity contribution in [3.8, 4) is 11.3 Å². The van der Waals surface area contributed by atoms with Gasteiger partial charge in [0.25, 0.3) is 5.91 Å². The number of nitrogens with zero attached hydrogens (tertiary/aromatic N) is 2. The third-order valence-corrected chi connectivity index (χ3v) is 5.86. The van der Waals surface area contributed by atoms with Gasteiger partial charge < -0.3 is 10.6 Å². The maximum Gasteiger partial charge on any atom is 0.325 e. The van der Waals surface area contributed by atoms with Crippen molar-refractivity contribution in [3.63, 3.8) is 0 Å². The molecule has 0 spiro atoms. The number of hydrogen-bond acceptors (Lipinski definition) is 5. The molecule has 0 radical (unpaired) electrons. The van der Waals surface area contributed by atoms with Gasteiger partial charge in [0.1, 0.15) is 12.1 Å². The summed E-state index contributed by atoms with van der Waals surface area (Å²) in [5, 5.41) is 7.65. The topological polar surface area (TPSA) is 91.4 Å². The number of imide groups is 1. The predicted molar refractivity (Wildman–Crippen MR) is 115 cm³/mol. The summed E-state index contributed by atoms with van der Waals surface area (Å²) in [6.45, 7) is 3.25. The number of benzene rings is 2. The molecule has 0 bridgehead atoms. The maximum absolute atomic E-state index is 12.9.